The zero-order valence-corrected chi connectivity index (χ0v) is 20.7. The summed E-state index contributed by atoms with van der Waals surface area (Å²) in [5, 5.41) is 20.6. The van der Waals surface area contributed by atoms with Gasteiger partial charge in [-0.25, -0.2) is 14.2 Å². The van der Waals surface area contributed by atoms with Gasteiger partial charge < -0.3 is 21.0 Å². The first-order valence-electron chi connectivity index (χ1n) is 10.4. The molecule has 11 nitrogen and oxygen atoms in total. The number of halogens is 1. The molecule has 2 aliphatic rings. The summed E-state index contributed by atoms with van der Waals surface area (Å²) in [7, 11) is 0. The molecular weight excluding hydrogens is 531 g/mol. The lowest BCUT2D eigenvalue weighted by atomic mass is 9.94. The summed E-state index contributed by atoms with van der Waals surface area (Å²) in [6, 6.07) is 4.28. The molecular formula is C21H18FN6O5S3+. The van der Waals surface area contributed by atoms with E-state index < -0.39 is 36.7 Å². The first-order valence-corrected chi connectivity index (χ1v) is 13.2. The van der Waals surface area contributed by atoms with Crippen LogP contribution < -0.4 is 15.6 Å². The second kappa shape index (κ2) is 9.83. The average molecular weight is 550 g/mol. The molecule has 4 N–H and O–H groups in total. The Hall–Kier alpha value is -3.56. The molecule has 15 heteroatoms. The average Bonchev–Trinajstić information content (AvgIpc) is 3.52. The molecule has 36 heavy (non-hydrogen) atoms. The topological polar surface area (TPSA) is 151 Å². The van der Waals surface area contributed by atoms with Gasteiger partial charge in [-0.1, -0.05) is 16.5 Å². The van der Waals surface area contributed by atoms with Crippen LogP contribution in [0.3, 0.4) is 0 Å². The summed E-state index contributed by atoms with van der Waals surface area (Å²) in [6.45, 7) is -0.973. The first-order chi connectivity index (χ1) is 17.4. The monoisotopic (exact) mass is 549 g/mol. The lowest BCUT2D eigenvalue weighted by Gasteiger charge is -2.49. The molecule has 0 spiro atoms. The van der Waals surface area contributed by atoms with E-state index >= 15 is 0 Å². The third kappa shape index (κ3) is 4.29. The lowest BCUT2D eigenvalue weighted by molar-refractivity contribution is -0.659. The zero-order chi connectivity index (χ0) is 25.4. The molecule has 2 atom stereocenters. The third-order valence-corrected chi connectivity index (χ3v) is 8.44. The molecule has 186 valence electrons. The van der Waals surface area contributed by atoms with E-state index in [1.807, 2.05) is 34.3 Å². The number of hydrogen-bond acceptors (Lipinski definition) is 10. The van der Waals surface area contributed by atoms with Crippen molar-refractivity contribution in [3.05, 3.63) is 51.5 Å². The van der Waals surface area contributed by atoms with Crippen LogP contribution in [0.4, 0.5) is 9.52 Å². The summed E-state index contributed by atoms with van der Waals surface area (Å²) in [5.41, 5.74) is 5.23. The Morgan fingerprint density at radius 1 is 1.39 bits per heavy atom. The quantitative estimate of drug-likeness (QED) is 0.165. The maximum absolute atomic E-state index is 13.0. The fraction of sp³-hybridized carbons (Fsp3) is 0.238. The van der Waals surface area contributed by atoms with Crippen LogP contribution in [0.5, 0.6) is 0 Å². The molecule has 2 amide bonds. The minimum absolute atomic E-state index is 0.0679. The highest BCUT2D eigenvalue weighted by Crippen LogP contribution is 2.39. The van der Waals surface area contributed by atoms with Crippen molar-refractivity contribution in [2.45, 2.75) is 18.6 Å². The number of pyridine rings is 1. The fourth-order valence-corrected chi connectivity index (χ4v) is 6.74. The van der Waals surface area contributed by atoms with Crippen LogP contribution in [0.2, 0.25) is 0 Å². The van der Waals surface area contributed by atoms with Gasteiger partial charge in [-0.15, -0.1) is 23.1 Å². The van der Waals surface area contributed by atoms with Crippen LogP contribution in [0.25, 0.3) is 10.2 Å². The minimum Gasteiger partial charge on any atom is -0.477 e. The number of nitrogens with one attached hydrogen (secondary N) is 1. The fourth-order valence-electron chi connectivity index (χ4n) is 4.05. The van der Waals surface area contributed by atoms with Crippen molar-refractivity contribution >= 4 is 73.3 Å². The number of carboxylic acids is 1. The molecule has 3 aromatic heterocycles. The Balaban J connectivity index is 1.37. The smallest absolute Gasteiger partial charge is 0.353 e. The van der Waals surface area contributed by atoms with E-state index in [4.69, 9.17) is 5.73 Å². The summed E-state index contributed by atoms with van der Waals surface area (Å²) < 4.78 is 14.5. The second-order valence-corrected chi connectivity index (χ2v) is 10.6. The predicted octanol–water partition coefficient (Wildman–Crippen LogP) is 1.31. The molecule has 1 saturated heterocycles. The normalized spacial score (nSPS) is 19.8. The number of carboxylic acid groups (broad SMARTS) is 1. The van der Waals surface area contributed by atoms with E-state index in [2.05, 4.69) is 20.3 Å². The zero-order valence-electron chi connectivity index (χ0n) is 18.3. The number of aliphatic carboxylic acids is 1. The predicted molar refractivity (Wildman–Crippen MR) is 132 cm³/mol. The van der Waals surface area contributed by atoms with Crippen LogP contribution in [0.1, 0.15) is 5.69 Å². The van der Waals surface area contributed by atoms with E-state index in [1.165, 1.54) is 22.0 Å². The molecule has 2 unspecified atom stereocenters. The van der Waals surface area contributed by atoms with E-state index in [0.717, 1.165) is 21.6 Å². The number of thiazole rings is 1. The summed E-state index contributed by atoms with van der Waals surface area (Å²) in [6.07, 6.45) is 1.87. The Morgan fingerprint density at radius 3 is 2.94 bits per heavy atom. The number of allylic oxidation sites excluding steroid dienone is 1. The molecule has 5 heterocycles. The van der Waals surface area contributed by atoms with Gasteiger partial charge in [0.25, 0.3) is 23.5 Å². The number of β-lactam (4-membered cyclic amide) rings is 1. The minimum atomic E-state index is -1.27. The van der Waals surface area contributed by atoms with Crippen molar-refractivity contribution in [3.63, 3.8) is 0 Å². The van der Waals surface area contributed by atoms with Crippen molar-refractivity contribution in [1.82, 2.24) is 15.2 Å². The van der Waals surface area contributed by atoms with Crippen molar-refractivity contribution in [2.75, 3.05) is 18.3 Å². The van der Waals surface area contributed by atoms with E-state index in [9.17, 15) is 23.9 Å². The van der Waals surface area contributed by atoms with Gasteiger partial charge in [-0.2, -0.15) is 4.57 Å². The number of nitrogens with zero attached hydrogens (tertiary/aromatic N) is 4. The number of anilines is 1. The number of carbonyl (C=O) groups is 3. The van der Waals surface area contributed by atoms with Gasteiger partial charge in [0.15, 0.2) is 23.6 Å². The number of amides is 2. The Kier molecular flexibility index (Phi) is 6.59. The number of alkyl halides is 1. The highest BCUT2D eigenvalue weighted by Gasteiger charge is 2.54. The Morgan fingerprint density at radius 2 is 2.22 bits per heavy atom. The van der Waals surface area contributed by atoms with E-state index in [-0.39, 0.29) is 22.2 Å². The molecule has 0 aliphatic carbocycles. The molecule has 0 radical (unpaired) electrons. The largest absolute Gasteiger partial charge is 0.477 e. The van der Waals surface area contributed by atoms with Crippen molar-refractivity contribution in [3.8, 4) is 0 Å². The van der Waals surface area contributed by atoms with Gasteiger partial charge in [0.05, 0.1) is 16.3 Å². The summed E-state index contributed by atoms with van der Waals surface area (Å²) in [4.78, 5) is 49.2. The number of thiophene rings is 1. The van der Waals surface area contributed by atoms with Gasteiger partial charge in [0.2, 0.25) is 0 Å². The number of oxime groups is 1. The van der Waals surface area contributed by atoms with Crippen LogP contribution in [-0.2, 0) is 25.8 Å². The van der Waals surface area contributed by atoms with Crippen molar-refractivity contribution in [1.29, 1.82) is 0 Å². The standard InChI is InChI=1S/C21H17FN6O5S3/c22-9-33-26-14(11-7-36-21(23)24-11)17(29)25-15-12-8-35-13(16(20(31)32)28(12)18(15)30)6-27-4-1-2-10-3-5-34-19(10)27/h1-5,7,12,15H,6,8-9H2,(H3-,23,24,25,29,31,32)/p+1. The molecule has 0 saturated carbocycles. The van der Waals surface area contributed by atoms with Crippen molar-refractivity contribution < 1.29 is 33.3 Å². The number of fused-ring (bicyclic) bond motifs is 2. The number of nitrogen functional groups attached to an aromatic ring is 1. The van der Waals surface area contributed by atoms with Crippen LogP contribution in [0, 0.1) is 0 Å². The highest BCUT2D eigenvalue weighted by atomic mass is 32.2. The number of aromatic nitrogens is 2. The van der Waals surface area contributed by atoms with Gasteiger partial charge in [-0.3, -0.25) is 14.5 Å². The van der Waals surface area contributed by atoms with E-state index in [1.54, 1.807) is 11.3 Å². The Labute approximate surface area is 215 Å². The maximum atomic E-state index is 13.0. The number of hydrogen-bond donors (Lipinski definition) is 3. The molecule has 0 aromatic carbocycles. The molecule has 3 aromatic rings. The first kappa shape index (κ1) is 24.1. The number of carbonyl (C=O) groups excluding carboxylic acids is 2. The Bertz CT molecular complexity index is 1440. The van der Waals surface area contributed by atoms with E-state index in [0.29, 0.717) is 17.2 Å². The third-order valence-electron chi connectivity index (χ3n) is 5.62. The molecule has 1 fully saturated rings. The maximum Gasteiger partial charge on any atom is 0.353 e. The number of thioether (sulfide) groups is 1. The molecule has 5 rings (SSSR count). The van der Waals surface area contributed by atoms with Gasteiger partial charge >= 0.3 is 5.97 Å². The van der Waals surface area contributed by atoms with Gasteiger partial charge in [0, 0.05) is 17.2 Å². The number of nitrogens with two attached hydrogens (primary N) is 1. The highest BCUT2D eigenvalue weighted by molar-refractivity contribution is 8.03. The van der Waals surface area contributed by atoms with Gasteiger partial charge in [-0.05, 0) is 17.5 Å². The molecule has 0 bridgehead atoms. The second-order valence-electron chi connectivity index (χ2n) is 7.68. The van der Waals surface area contributed by atoms with Gasteiger partial charge in [0.1, 0.15) is 17.4 Å². The SMILES string of the molecule is Nc1nc(C(=NOCF)C(=O)NC2C(=O)N3C(C(=O)O)=C(C[n+]4cccc5ccsc54)SCC23)cs1. The summed E-state index contributed by atoms with van der Waals surface area (Å²) in [5.74, 6) is -2.23. The number of rotatable bonds is 8. The lowest BCUT2D eigenvalue weighted by Crippen LogP contribution is -2.73. The van der Waals surface area contributed by atoms with Crippen LogP contribution in [-0.4, -0.2) is 63.2 Å². The van der Waals surface area contributed by atoms with Crippen LogP contribution >= 0.6 is 34.4 Å². The van der Waals surface area contributed by atoms with Crippen LogP contribution in [0.15, 0.2) is 50.9 Å². The molecule has 2 aliphatic heterocycles. The summed E-state index contributed by atoms with van der Waals surface area (Å²) >= 11 is 3.92. The van der Waals surface area contributed by atoms with Crippen molar-refractivity contribution in [2.24, 2.45) is 5.16 Å².